The minimum Gasteiger partial charge on any atom is -0.358 e. The van der Waals surface area contributed by atoms with E-state index in [0.717, 1.165) is 15.7 Å². The number of halogens is 3. The van der Waals surface area contributed by atoms with Crippen LogP contribution < -0.4 is 10.6 Å². The van der Waals surface area contributed by atoms with Gasteiger partial charge in [0.2, 0.25) is 0 Å². The molecule has 0 saturated carbocycles. The fraction of sp³-hybridized carbons (Fsp3) is 0.0714. The van der Waals surface area contributed by atoms with E-state index in [1.54, 1.807) is 12.1 Å². The molecule has 0 aliphatic heterocycles. The van der Waals surface area contributed by atoms with Gasteiger partial charge in [-0.05, 0) is 64.0 Å². The number of rotatable bonds is 3. The molecule has 2 rings (SSSR count). The van der Waals surface area contributed by atoms with Crippen LogP contribution in [0.2, 0.25) is 5.02 Å². The minimum atomic E-state index is -0.261. The topological polar surface area (TPSA) is 24.1 Å². The zero-order valence-electron chi connectivity index (χ0n) is 10.3. The molecule has 0 aliphatic rings. The molecule has 6 heteroatoms. The van der Waals surface area contributed by atoms with Crippen LogP contribution in [0.3, 0.4) is 0 Å². The Morgan fingerprint density at radius 2 is 2.05 bits per heavy atom. The van der Waals surface area contributed by atoms with Gasteiger partial charge in [-0.25, -0.2) is 4.39 Å². The van der Waals surface area contributed by atoms with Gasteiger partial charge in [-0.3, -0.25) is 0 Å². The van der Waals surface area contributed by atoms with Gasteiger partial charge in [-0.1, -0.05) is 23.7 Å². The quantitative estimate of drug-likeness (QED) is 0.761. The van der Waals surface area contributed by atoms with Crippen LogP contribution in [-0.4, -0.2) is 5.11 Å². The van der Waals surface area contributed by atoms with Crippen molar-refractivity contribution in [3.63, 3.8) is 0 Å². The number of hydrogen-bond acceptors (Lipinski definition) is 1. The Balaban J connectivity index is 1.91. The van der Waals surface area contributed by atoms with Crippen molar-refractivity contribution in [2.75, 3.05) is 5.32 Å². The monoisotopic (exact) mass is 372 g/mol. The third kappa shape index (κ3) is 4.44. The molecule has 0 radical (unpaired) electrons. The summed E-state index contributed by atoms with van der Waals surface area (Å²) in [5.41, 5.74) is 1.61. The first kappa shape index (κ1) is 15.2. The Kier molecular flexibility index (Phi) is 5.34. The highest BCUT2D eigenvalue weighted by atomic mass is 79.9. The molecule has 2 aromatic carbocycles. The van der Waals surface area contributed by atoms with E-state index >= 15 is 0 Å². The highest BCUT2D eigenvalue weighted by Crippen LogP contribution is 2.25. The zero-order chi connectivity index (χ0) is 14.5. The second-order valence-corrected chi connectivity index (χ2v) is 5.74. The minimum absolute atomic E-state index is 0.261. The van der Waals surface area contributed by atoms with Crippen LogP contribution in [0.15, 0.2) is 46.9 Å². The van der Waals surface area contributed by atoms with E-state index < -0.39 is 0 Å². The van der Waals surface area contributed by atoms with Crippen molar-refractivity contribution >= 4 is 50.5 Å². The summed E-state index contributed by atoms with van der Waals surface area (Å²) in [6, 6.07) is 11.8. The predicted octanol–water partition coefficient (Wildman–Crippen LogP) is 4.73. The molecule has 0 fully saturated rings. The largest absolute Gasteiger partial charge is 0.358 e. The molecule has 0 amide bonds. The Bertz CT molecular complexity index is 636. The molecule has 2 N–H and O–H groups in total. The first-order valence-electron chi connectivity index (χ1n) is 5.79. The molecule has 2 nitrogen and oxygen atoms in total. The Morgan fingerprint density at radius 3 is 2.75 bits per heavy atom. The number of thiocarbonyl (C=S) groups is 1. The van der Waals surface area contributed by atoms with Gasteiger partial charge in [0.1, 0.15) is 5.82 Å². The highest BCUT2D eigenvalue weighted by molar-refractivity contribution is 9.10. The molecule has 0 atom stereocenters. The maximum atomic E-state index is 13.0. The zero-order valence-corrected chi connectivity index (χ0v) is 13.4. The first-order chi connectivity index (χ1) is 9.54. The molecule has 0 saturated heterocycles. The predicted molar refractivity (Wildman–Crippen MR) is 88.6 cm³/mol. The van der Waals surface area contributed by atoms with Gasteiger partial charge in [-0.2, -0.15) is 0 Å². The van der Waals surface area contributed by atoms with Crippen molar-refractivity contribution in [3.8, 4) is 0 Å². The molecule has 0 spiro atoms. The van der Waals surface area contributed by atoms with Crippen LogP contribution in [0, 0.1) is 5.82 Å². The third-order valence-electron chi connectivity index (χ3n) is 2.52. The normalized spacial score (nSPS) is 10.2. The Labute approximate surface area is 135 Å². The van der Waals surface area contributed by atoms with E-state index in [1.165, 1.54) is 12.1 Å². The molecule has 2 aromatic rings. The summed E-state index contributed by atoms with van der Waals surface area (Å²) in [5.74, 6) is -0.261. The van der Waals surface area contributed by atoms with Crippen LogP contribution in [0.25, 0.3) is 0 Å². The van der Waals surface area contributed by atoms with Gasteiger partial charge in [0.25, 0.3) is 0 Å². The standard InChI is InChI=1S/C14H11BrClFN2S/c15-12-5-4-11(7-13(12)16)19-14(20)18-8-9-2-1-3-10(17)6-9/h1-7H,8H2,(H2,18,19,20). The lowest BCUT2D eigenvalue weighted by atomic mass is 10.2. The van der Waals surface area contributed by atoms with Crippen molar-refractivity contribution in [1.29, 1.82) is 0 Å². The number of hydrogen-bond donors (Lipinski definition) is 2. The van der Waals surface area contributed by atoms with Crippen LogP contribution in [0.1, 0.15) is 5.56 Å². The van der Waals surface area contributed by atoms with E-state index in [2.05, 4.69) is 26.6 Å². The van der Waals surface area contributed by atoms with E-state index in [1.807, 2.05) is 18.2 Å². The van der Waals surface area contributed by atoms with Gasteiger partial charge >= 0.3 is 0 Å². The highest BCUT2D eigenvalue weighted by Gasteiger charge is 2.02. The van der Waals surface area contributed by atoms with E-state index in [4.69, 9.17) is 23.8 Å². The third-order valence-corrected chi connectivity index (χ3v) is 4.00. The summed E-state index contributed by atoms with van der Waals surface area (Å²) in [6.45, 7) is 0.452. The van der Waals surface area contributed by atoms with E-state index in [-0.39, 0.29) is 5.82 Å². The fourth-order valence-corrected chi connectivity index (χ4v) is 2.20. The van der Waals surface area contributed by atoms with Gasteiger partial charge in [-0.15, -0.1) is 0 Å². The molecule has 20 heavy (non-hydrogen) atoms. The van der Waals surface area contributed by atoms with Gasteiger partial charge < -0.3 is 10.6 Å². The summed E-state index contributed by atoms with van der Waals surface area (Å²) >= 11 is 14.5. The summed E-state index contributed by atoms with van der Waals surface area (Å²) in [5, 5.41) is 7.08. The summed E-state index contributed by atoms with van der Waals surface area (Å²) in [7, 11) is 0. The van der Waals surface area contributed by atoms with E-state index in [9.17, 15) is 4.39 Å². The average Bonchev–Trinajstić information content (AvgIpc) is 2.41. The SMILES string of the molecule is Fc1cccc(CNC(=S)Nc2ccc(Br)c(Cl)c2)c1. The van der Waals surface area contributed by atoms with Gasteiger partial charge in [0, 0.05) is 16.7 Å². The number of nitrogens with one attached hydrogen (secondary N) is 2. The summed E-state index contributed by atoms with van der Waals surface area (Å²) < 4.78 is 13.8. The van der Waals surface area contributed by atoms with Crippen LogP contribution in [-0.2, 0) is 6.54 Å². The molecule has 0 bridgehead atoms. The summed E-state index contributed by atoms with van der Waals surface area (Å²) in [6.07, 6.45) is 0. The lowest BCUT2D eigenvalue weighted by Crippen LogP contribution is -2.27. The molecule has 0 heterocycles. The lowest BCUT2D eigenvalue weighted by Gasteiger charge is -2.11. The molecular formula is C14H11BrClFN2S. The van der Waals surface area contributed by atoms with Crippen molar-refractivity contribution in [1.82, 2.24) is 5.32 Å². The van der Waals surface area contributed by atoms with Crippen LogP contribution in [0.5, 0.6) is 0 Å². The number of benzene rings is 2. The molecule has 0 unspecified atom stereocenters. The second kappa shape index (κ2) is 7.02. The van der Waals surface area contributed by atoms with Crippen molar-refractivity contribution in [3.05, 3.63) is 63.3 Å². The Hall–Kier alpha value is -1.17. The van der Waals surface area contributed by atoms with Crippen LogP contribution in [0.4, 0.5) is 10.1 Å². The molecule has 0 aromatic heterocycles. The molecular weight excluding hydrogens is 363 g/mol. The van der Waals surface area contributed by atoms with Gasteiger partial charge in [0.05, 0.1) is 5.02 Å². The first-order valence-corrected chi connectivity index (χ1v) is 7.37. The second-order valence-electron chi connectivity index (χ2n) is 4.07. The molecule has 104 valence electrons. The Morgan fingerprint density at radius 1 is 1.25 bits per heavy atom. The smallest absolute Gasteiger partial charge is 0.171 e. The summed E-state index contributed by atoms with van der Waals surface area (Å²) in [4.78, 5) is 0. The van der Waals surface area contributed by atoms with Gasteiger partial charge in [0.15, 0.2) is 5.11 Å². The maximum Gasteiger partial charge on any atom is 0.171 e. The molecule has 0 aliphatic carbocycles. The average molecular weight is 374 g/mol. The van der Waals surface area contributed by atoms with Crippen molar-refractivity contribution in [2.24, 2.45) is 0 Å². The van der Waals surface area contributed by atoms with Crippen molar-refractivity contribution in [2.45, 2.75) is 6.54 Å². The van der Waals surface area contributed by atoms with E-state index in [0.29, 0.717) is 16.7 Å². The fourth-order valence-electron chi connectivity index (χ4n) is 1.58. The van der Waals surface area contributed by atoms with Crippen LogP contribution >= 0.6 is 39.7 Å². The maximum absolute atomic E-state index is 13.0. The van der Waals surface area contributed by atoms with Crippen molar-refractivity contribution < 1.29 is 4.39 Å². The lowest BCUT2D eigenvalue weighted by molar-refractivity contribution is 0.625. The number of anilines is 1.